The number of nitrogens with two attached hydrogens (primary N) is 1. The zero-order valence-electron chi connectivity index (χ0n) is 5.22. The number of carbonyl (C=O) groups excluding carboxylic acids is 2. The molecule has 4 nitrogen and oxygen atoms in total. The number of carbonyl (C=O) groups is 2. The summed E-state index contributed by atoms with van der Waals surface area (Å²) in [6, 6.07) is 0. The van der Waals surface area contributed by atoms with Crippen LogP contribution in [0.3, 0.4) is 0 Å². The van der Waals surface area contributed by atoms with Gasteiger partial charge in [-0.3, -0.25) is 9.59 Å². The van der Waals surface area contributed by atoms with Crippen LogP contribution in [-0.2, 0) is 14.3 Å². The van der Waals surface area contributed by atoms with Crippen molar-refractivity contribution in [3.05, 3.63) is 0 Å². The molecule has 2 N–H and O–H groups in total. The van der Waals surface area contributed by atoms with Gasteiger partial charge in [-0.15, -0.1) is 0 Å². The maximum absolute atomic E-state index is 10.3. The molecule has 0 saturated carbocycles. The summed E-state index contributed by atoms with van der Waals surface area (Å²) < 4.78 is 4.13. The van der Waals surface area contributed by atoms with Crippen molar-refractivity contribution < 1.29 is 14.3 Å². The number of hydrogen-bond donors (Lipinski definition) is 1. The van der Waals surface area contributed by atoms with Crippen molar-refractivity contribution in [2.24, 2.45) is 5.73 Å². The van der Waals surface area contributed by atoms with Gasteiger partial charge < -0.3 is 10.5 Å². The molecule has 0 aromatic rings. The van der Waals surface area contributed by atoms with Crippen LogP contribution in [0.25, 0.3) is 0 Å². The van der Waals surface area contributed by atoms with E-state index in [1.165, 1.54) is 6.92 Å². The quantitative estimate of drug-likeness (QED) is 0.308. The van der Waals surface area contributed by atoms with Crippen molar-refractivity contribution in [1.82, 2.24) is 0 Å². The van der Waals surface area contributed by atoms with E-state index in [9.17, 15) is 9.59 Å². The fourth-order valence-electron chi connectivity index (χ4n) is 0.329. The molecule has 0 saturated heterocycles. The van der Waals surface area contributed by atoms with E-state index in [1.54, 1.807) is 0 Å². The van der Waals surface area contributed by atoms with Crippen LogP contribution < -0.4 is 5.73 Å². The molecule has 10 heavy (non-hydrogen) atoms. The van der Waals surface area contributed by atoms with Crippen LogP contribution in [0.4, 0.5) is 0 Å². The topological polar surface area (TPSA) is 69.4 Å². The van der Waals surface area contributed by atoms with E-state index >= 15 is 0 Å². The molecule has 0 fully saturated rings. The Morgan fingerprint density at radius 1 is 1.50 bits per heavy atom. The molecule has 5 heteroatoms. The summed E-state index contributed by atoms with van der Waals surface area (Å²) in [5.41, 5.74) is 4.99. The average Bonchev–Trinajstić information content (AvgIpc) is 1.63. The van der Waals surface area contributed by atoms with Crippen molar-refractivity contribution in [2.45, 2.75) is 13.3 Å². The molecular weight excluding hydrogens is 145 g/mol. The summed E-state index contributed by atoms with van der Waals surface area (Å²) in [4.78, 5) is 20.4. The summed E-state index contributed by atoms with van der Waals surface area (Å²) in [7, 11) is 0. The number of rotatable bonds is 2. The maximum atomic E-state index is 10.3. The number of esters is 2. The second-order valence-corrected chi connectivity index (χ2v) is 1.50. The van der Waals surface area contributed by atoms with Gasteiger partial charge in [0.2, 0.25) is 0 Å². The van der Waals surface area contributed by atoms with Gasteiger partial charge in [-0.05, 0) is 0 Å². The Labute approximate surface area is 81.4 Å². The number of hydrogen-bond acceptors (Lipinski definition) is 4. The van der Waals surface area contributed by atoms with Gasteiger partial charge in [0.25, 0.3) is 0 Å². The molecule has 0 heterocycles. The van der Waals surface area contributed by atoms with Gasteiger partial charge in [0, 0.05) is 13.5 Å². The van der Waals surface area contributed by atoms with Gasteiger partial charge in [0.15, 0.2) is 0 Å². The van der Waals surface area contributed by atoms with Gasteiger partial charge in [-0.1, -0.05) is 0 Å². The van der Waals surface area contributed by atoms with Gasteiger partial charge in [0.1, 0.15) is 0 Å². The van der Waals surface area contributed by atoms with Crippen molar-refractivity contribution in [3.8, 4) is 0 Å². The third-order valence-corrected chi connectivity index (χ3v) is 0.606. The van der Waals surface area contributed by atoms with E-state index in [1.807, 2.05) is 0 Å². The van der Waals surface area contributed by atoms with Crippen molar-refractivity contribution in [1.29, 1.82) is 0 Å². The van der Waals surface area contributed by atoms with E-state index in [2.05, 4.69) is 4.74 Å². The SMILES string of the molecule is CC(=O)OC(=O)CCN.[NaH]. The van der Waals surface area contributed by atoms with Gasteiger partial charge in [0.05, 0.1) is 6.42 Å². The molecule has 0 radical (unpaired) electrons. The molecule has 0 atom stereocenters. The van der Waals surface area contributed by atoms with Gasteiger partial charge >= 0.3 is 41.5 Å². The van der Waals surface area contributed by atoms with Crippen molar-refractivity contribution in [2.75, 3.05) is 6.54 Å². The summed E-state index contributed by atoms with van der Waals surface area (Å²) >= 11 is 0. The second kappa shape index (κ2) is 7.21. The molecular formula is C5H10NNaO3. The third kappa shape index (κ3) is 8.10. The molecule has 0 aliphatic rings. The zero-order valence-corrected chi connectivity index (χ0v) is 5.22. The standard InChI is InChI=1S/C5H9NO3.Na.H/c1-4(7)9-5(8)2-3-6;;/h2-3,6H2,1H3;;. The second-order valence-electron chi connectivity index (χ2n) is 1.50. The summed E-state index contributed by atoms with van der Waals surface area (Å²) in [6.45, 7) is 1.39. The fraction of sp³-hybridized carbons (Fsp3) is 0.600. The summed E-state index contributed by atoms with van der Waals surface area (Å²) in [6.07, 6.45) is 0.0968. The predicted octanol–water partition coefficient (Wildman–Crippen LogP) is -1.22. The van der Waals surface area contributed by atoms with E-state index in [0.717, 1.165) is 0 Å². The fourth-order valence-corrected chi connectivity index (χ4v) is 0.329. The third-order valence-electron chi connectivity index (χ3n) is 0.606. The molecule has 54 valence electrons. The Balaban J connectivity index is 0. The van der Waals surface area contributed by atoms with Crippen LogP contribution in [-0.4, -0.2) is 48.0 Å². The van der Waals surface area contributed by atoms with E-state index in [4.69, 9.17) is 5.73 Å². The minimum atomic E-state index is -0.589. The Hall–Kier alpha value is 0.1000. The minimum absolute atomic E-state index is 0. The monoisotopic (exact) mass is 155 g/mol. The molecule has 0 amide bonds. The van der Waals surface area contributed by atoms with E-state index in [-0.39, 0.29) is 42.5 Å². The zero-order chi connectivity index (χ0) is 7.28. The molecule has 0 aliphatic carbocycles. The van der Waals surface area contributed by atoms with Crippen LogP contribution in [0.1, 0.15) is 13.3 Å². The van der Waals surface area contributed by atoms with Crippen LogP contribution in [0.2, 0.25) is 0 Å². The Morgan fingerprint density at radius 3 is 2.30 bits per heavy atom. The molecule has 0 aromatic carbocycles. The van der Waals surface area contributed by atoms with Gasteiger partial charge in [-0.25, -0.2) is 0 Å². The van der Waals surface area contributed by atoms with Crippen LogP contribution in [0, 0.1) is 0 Å². The first-order chi connectivity index (χ1) is 4.16. The Morgan fingerprint density at radius 2 is 2.00 bits per heavy atom. The molecule has 0 spiro atoms. The Bertz CT molecular complexity index is 126. The van der Waals surface area contributed by atoms with Crippen LogP contribution in [0.5, 0.6) is 0 Å². The first kappa shape index (κ1) is 12.7. The van der Waals surface area contributed by atoms with Crippen LogP contribution in [0.15, 0.2) is 0 Å². The molecule has 0 bridgehead atoms. The first-order valence-electron chi connectivity index (χ1n) is 2.58. The summed E-state index contributed by atoms with van der Waals surface area (Å²) in [5.74, 6) is -1.15. The number of ether oxygens (including phenoxy) is 1. The van der Waals surface area contributed by atoms with Crippen molar-refractivity contribution in [3.63, 3.8) is 0 Å². The predicted molar refractivity (Wildman–Crippen MR) is 37.6 cm³/mol. The first-order valence-corrected chi connectivity index (χ1v) is 2.58. The molecule has 0 unspecified atom stereocenters. The molecule has 0 rings (SSSR count). The average molecular weight is 155 g/mol. The Kier molecular flexibility index (Phi) is 9.19. The normalized spacial score (nSPS) is 7.80. The van der Waals surface area contributed by atoms with Crippen LogP contribution >= 0.6 is 0 Å². The van der Waals surface area contributed by atoms with Gasteiger partial charge in [-0.2, -0.15) is 0 Å². The van der Waals surface area contributed by atoms with Crippen molar-refractivity contribution >= 4 is 41.5 Å². The molecule has 0 aromatic heterocycles. The molecule has 0 aliphatic heterocycles. The van der Waals surface area contributed by atoms with E-state index < -0.39 is 11.9 Å². The summed E-state index contributed by atoms with van der Waals surface area (Å²) in [5, 5.41) is 0. The van der Waals surface area contributed by atoms with E-state index in [0.29, 0.717) is 0 Å².